The Morgan fingerprint density at radius 2 is 1.80 bits per heavy atom. The zero-order valence-electron chi connectivity index (χ0n) is 12.1. The molecule has 1 aromatic rings. The van der Waals surface area contributed by atoms with Gasteiger partial charge in [0.25, 0.3) is 0 Å². The van der Waals surface area contributed by atoms with Gasteiger partial charge in [-0.1, -0.05) is 19.1 Å². The molecule has 6 heteroatoms. The molecule has 0 amide bonds. The first-order chi connectivity index (χ1) is 9.35. The molecule has 0 heterocycles. The highest BCUT2D eigenvalue weighted by atomic mass is 32.2. The fourth-order valence-electron chi connectivity index (χ4n) is 1.55. The van der Waals surface area contributed by atoms with Gasteiger partial charge >= 0.3 is 5.97 Å². The SMILES string of the molecule is CCc1ccc(S(=O)(=O)CC(=O)OCCN(C)C)cc1. The van der Waals surface area contributed by atoms with Gasteiger partial charge in [-0.3, -0.25) is 4.79 Å². The lowest BCUT2D eigenvalue weighted by Gasteiger charge is -2.10. The van der Waals surface area contributed by atoms with E-state index in [9.17, 15) is 13.2 Å². The Labute approximate surface area is 120 Å². The Hall–Kier alpha value is -1.40. The Bertz CT molecular complexity index is 535. The van der Waals surface area contributed by atoms with E-state index in [2.05, 4.69) is 0 Å². The van der Waals surface area contributed by atoms with Crippen molar-refractivity contribution in [3.63, 3.8) is 0 Å². The Morgan fingerprint density at radius 3 is 2.30 bits per heavy atom. The second-order valence-corrected chi connectivity index (χ2v) is 6.77. The van der Waals surface area contributed by atoms with Gasteiger partial charge in [0.15, 0.2) is 15.6 Å². The third-order valence-electron chi connectivity index (χ3n) is 2.80. The van der Waals surface area contributed by atoms with Crippen LogP contribution in [0.2, 0.25) is 0 Å². The predicted molar refractivity (Wildman–Crippen MR) is 77.4 cm³/mol. The van der Waals surface area contributed by atoms with Gasteiger partial charge in [0.1, 0.15) is 6.61 Å². The summed E-state index contributed by atoms with van der Waals surface area (Å²) in [6.45, 7) is 2.75. The molecule has 0 aliphatic rings. The van der Waals surface area contributed by atoms with Crippen molar-refractivity contribution < 1.29 is 17.9 Å². The lowest BCUT2D eigenvalue weighted by Crippen LogP contribution is -2.24. The quantitative estimate of drug-likeness (QED) is 0.706. The van der Waals surface area contributed by atoms with E-state index in [0.717, 1.165) is 12.0 Å². The topological polar surface area (TPSA) is 63.7 Å². The lowest BCUT2D eigenvalue weighted by atomic mass is 10.2. The fraction of sp³-hybridized carbons (Fsp3) is 0.500. The molecule has 5 nitrogen and oxygen atoms in total. The van der Waals surface area contributed by atoms with Crippen molar-refractivity contribution >= 4 is 15.8 Å². The number of hydrogen-bond acceptors (Lipinski definition) is 5. The van der Waals surface area contributed by atoms with Crippen LogP contribution in [0.3, 0.4) is 0 Å². The third-order valence-corrected chi connectivity index (χ3v) is 4.41. The lowest BCUT2D eigenvalue weighted by molar-refractivity contribution is -0.140. The van der Waals surface area contributed by atoms with Gasteiger partial charge in [-0.05, 0) is 38.2 Å². The zero-order chi connectivity index (χ0) is 15.2. The Morgan fingerprint density at radius 1 is 1.20 bits per heavy atom. The number of benzene rings is 1. The fourth-order valence-corrected chi connectivity index (χ4v) is 2.67. The molecular weight excluding hydrogens is 278 g/mol. The van der Waals surface area contributed by atoms with E-state index >= 15 is 0 Å². The summed E-state index contributed by atoms with van der Waals surface area (Å²) in [5.41, 5.74) is 1.05. The monoisotopic (exact) mass is 299 g/mol. The molecule has 0 aromatic heterocycles. The average Bonchev–Trinajstić information content (AvgIpc) is 2.37. The average molecular weight is 299 g/mol. The molecule has 0 N–H and O–H groups in total. The first-order valence-corrected chi connectivity index (χ1v) is 8.12. The van der Waals surface area contributed by atoms with Crippen molar-refractivity contribution in [1.82, 2.24) is 4.90 Å². The first kappa shape index (κ1) is 16.7. The number of sulfone groups is 1. The van der Waals surface area contributed by atoms with Crippen LogP contribution in [-0.4, -0.2) is 52.3 Å². The molecule has 0 saturated carbocycles. The normalized spacial score (nSPS) is 11.6. The maximum atomic E-state index is 12.0. The minimum absolute atomic E-state index is 0.152. The van der Waals surface area contributed by atoms with Crippen molar-refractivity contribution in [1.29, 1.82) is 0 Å². The predicted octanol–water partition coefficient (Wildman–Crippen LogP) is 1.13. The number of likely N-dealkylation sites (N-methyl/N-ethyl adjacent to an activating group) is 1. The van der Waals surface area contributed by atoms with E-state index in [1.54, 1.807) is 12.1 Å². The Kier molecular flexibility index (Phi) is 6.16. The van der Waals surface area contributed by atoms with Crippen LogP contribution in [0.25, 0.3) is 0 Å². The van der Waals surface area contributed by atoms with Gasteiger partial charge < -0.3 is 9.64 Å². The van der Waals surface area contributed by atoms with E-state index in [4.69, 9.17) is 4.74 Å². The summed E-state index contributed by atoms with van der Waals surface area (Å²) in [6, 6.07) is 6.57. The summed E-state index contributed by atoms with van der Waals surface area (Å²) in [6.07, 6.45) is 0.840. The highest BCUT2D eigenvalue weighted by molar-refractivity contribution is 7.92. The van der Waals surface area contributed by atoms with Crippen molar-refractivity contribution in [3.05, 3.63) is 29.8 Å². The summed E-state index contributed by atoms with van der Waals surface area (Å²) in [7, 11) is 0.0709. The molecule has 1 aromatic carbocycles. The van der Waals surface area contributed by atoms with Crippen LogP contribution in [0.15, 0.2) is 29.2 Å². The number of hydrogen-bond donors (Lipinski definition) is 0. The van der Waals surface area contributed by atoms with E-state index in [-0.39, 0.29) is 11.5 Å². The number of carbonyl (C=O) groups is 1. The van der Waals surface area contributed by atoms with Crippen molar-refractivity contribution in [3.8, 4) is 0 Å². The number of nitrogens with zero attached hydrogens (tertiary/aromatic N) is 1. The maximum absolute atomic E-state index is 12.0. The molecule has 0 spiro atoms. The van der Waals surface area contributed by atoms with Crippen LogP contribution < -0.4 is 0 Å². The number of carbonyl (C=O) groups excluding carboxylic acids is 1. The third kappa shape index (κ3) is 5.30. The van der Waals surface area contributed by atoms with Crippen LogP contribution in [0.5, 0.6) is 0 Å². The van der Waals surface area contributed by atoms with Gasteiger partial charge in [-0.2, -0.15) is 0 Å². The van der Waals surface area contributed by atoms with Crippen LogP contribution in [0, 0.1) is 0 Å². The highest BCUT2D eigenvalue weighted by Crippen LogP contribution is 2.13. The molecule has 0 saturated heterocycles. The summed E-state index contributed by atoms with van der Waals surface area (Å²) in [5.74, 6) is -1.34. The van der Waals surface area contributed by atoms with Gasteiger partial charge in [0.2, 0.25) is 0 Å². The van der Waals surface area contributed by atoms with E-state index < -0.39 is 21.6 Å². The van der Waals surface area contributed by atoms with E-state index in [1.165, 1.54) is 12.1 Å². The minimum Gasteiger partial charge on any atom is -0.464 e. The van der Waals surface area contributed by atoms with E-state index in [0.29, 0.717) is 6.54 Å². The number of aryl methyl sites for hydroxylation is 1. The van der Waals surface area contributed by atoms with Crippen LogP contribution >= 0.6 is 0 Å². The summed E-state index contributed by atoms with van der Waals surface area (Å²) in [4.78, 5) is 13.5. The molecule has 0 unspecified atom stereocenters. The van der Waals surface area contributed by atoms with Crippen LogP contribution in [0.4, 0.5) is 0 Å². The summed E-state index contributed by atoms with van der Waals surface area (Å²) < 4.78 is 29.0. The highest BCUT2D eigenvalue weighted by Gasteiger charge is 2.20. The molecule has 0 bridgehead atoms. The van der Waals surface area contributed by atoms with Gasteiger partial charge in [-0.15, -0.1) is 0 Å². The first-order valence-electron chi connectivity index (χ1n) is 6.47. The van der Waals surface area contributed by atoms with Gasteiger partial charge in [0.05, 0.1) is 4.90 Å². The van der Waals surface area contributed by atoms with Gasteiger partial charge in [0, 0.05) is 6.54 Å². The molecule has 0 fully saturated rings. The molecule has 112 valence electrons. The number of esters is 1. The second kappa shape index (κ2) is 7.40. The molecular formula is C14H21NO4S. The van der Waals surface area contributed by atoms with Crippen molar-refractivity contribution in [2.24, 2.45) is 0 Å². The largest absolute Gasteiger partial charge is 0.464 e. The van der Waals surface area contributed by atoms with Crippen molar-refractivity contribution in [2.45, 2.75) is 18.2 Å². The smallest absolute Gasteiger partial charge is 0.321 e. The maximum Gasteiger partial charge on any atom is 0.321 e. The molecule has 0 radical (unpaired) electrons. The van der Waals surface area contributed by atoms with E-state index in [1.807, 2.05) is 25.9 Å². The molecule has 1 rings (SSSR count). The van der Waals surface area contributed by atoms with Crippen LogP contribution in [0.1, 0.15) is 12.5 Å². The molecule has 0 atom stereocenters. The molecule has 0 aliphatic heterocycles. The summed E-state index contributed by atoms with van der Waals surface area (Å²) in [5, 5.41) is 0. The van der Waals surface area contributed by atoms with Crippen molar-refractivity contribution in [2.75, 3.05) is 33.0 Å². The summed E-state index contributed by atoms with van der Waals surface area (Å²) >= 11 is 0. The number of ether oxygens (including phenoxy) is 1. The molecule has 0 aliphatic carbocycles. The standard InChI is InChI=1S/C14H21NO4S/c1-4-12-5-7-13(8-6-12)20(17,18)11-14(16)19-10-9-15(2)3/h5-8H,4,9-11H2,1-3H3. The molecule has 20 heavy (non-hydrogen) atoms. The number of rotatable bonds is 7. The zero-order valence-corrected chi connectivity index (χ0v) is 12.9. The van der Waals surface area contributed by atoms with Crippen LogP contribution in [-0.2, 0) is 25.8 Å². The second-order valence-electron chi connectivity index (χ2n) is 4.78. The Balaban J connectivity index is 2.62. The minimum atomic E-state index is -3.62. The van der Waals surface area contributed by atoms with Gasteiger partial charge in [-0.25, -0.2) is 8.42 Å².